The first-order valence-corrected chi connectivity index (χ1v) is 7.40. The van der Waals surface area contributed by atoms with Crippen LogP contribution in [0.25, 0.3) is 0 Å². The first-order valence-electron chi connectivity index (χ1n) is 7.40. The van der Waals surface area contributed by atoms with Crippen LogP contribution in [0.1, 0.15) is 52.5 Å². The molecule has 0 saturated carbocycles. The molecule has 0 amide bonds. The fourth-order valence-electron chi connectivity index (χ4n) is 2.83. The number of likely N-dealkylation sites (N-methyl/N-ethyl adjacent to an activating group) is 1. The Morgan fingerprint density at radius 3 is 2.06 bits per heavy atom. The second-order valence-corrected chi connectivity index (χ2v) is 5.65. The van der Waals surface area contributed by atoms with Gasteiger partial charge >= 0.3 is 0 Å². The third-order valence-corrected chi connectivity index (χ3v) is 3.99. The molecule has 1 aromatic carbocycles. The molecule has 3 unspecified atom stereocenters. The zero-order valence-electron chi connectivity index (χ0n) is 12.6. The highest BCUT2D eigenvalue weighted by molar-refractivity contribution is 5.22. The fraction of sp³-hybridized carbons (Fsp3) is 0.647. The lowest BCUT2D eigenvalue weighted by Crippen LogP contribution is -2.41. The van der Waals surface area contributed by atoms with Gasteiger partial charge in [-0.1, -0.05) is 71.4 Å². The summed E-state index contributed by atoms with van der Waals surface area (Å²) in [7, 11) is 0. The molecule has 0 spiro atoms. The van der Waals surface area contributed by atoms with Crippen LogP contribution in [-0.4, -0.2) is 12.6 Å². The zero-order chi connectivity index (χ0) is 13.5. The minimum Gasteiger partial charge on any atom is -0.313 e. The number of hydrogen-bond acceptors (Lipinski definition) is 1. The van der Waals surface area contributed by atoms with Crippen molar-refractivity contribution in [3.63, 3.8) is 0 Å². The predicted octanol–water partition coefficient (Wildman–Crippen LogP) is 4.45. The Morgan fingerprint density at radius 2 is 1.61 bits per heavy atom. The van der Waals surface area contributed by atoms with Crippen molar-refractivity contribution in [3.8, 4) is 0 Å². The maximum Gasteiger partial charge on any atom is 0.0161 e. The highest BCUT2D eigenvalue weighted by Gasteiger charge is 2.28. The van der Waals surface area contributed by atoms with Gasteiger partial charge in [0.1, 0.15) is 0 Å². The molecule has 0 fully saturated rings. The minimum atomic E-state index is 0.562. The van der Waals surface area contributed by atoms with Gasteiger partial charge in [0, 0.05) is 12.0 Å². The maximum atomic E-state index is 3.70. The average molecular weight is 247 g/mol. The van der Waals surface area contributed by atoms with Gasteiger partial charge in [-0.3, -0.25) is 0 Å². The van der Waals surface area contributed by atoms with E-state index in [2.05, 4.69) is 70.3 Å². The number of rotatable bonds is 7. The lowest BCUT2D eigenvalue weighted by Gasteiger charge is -2.35. The molecule has 0 aliphatic heterocycles. The Balaban J connectivity index is 3.03. The van der Waals surface area contributed by atoms with E-state index < -0.39 is 0 Å². The summed E-state index contributed by atoms with van der Waals surface area (Å²) in [6.07, 6.45) is 1.23. The molecular formula is C17H29N. The minimum absolute atomic E-state index is 0.562. The van der Waals surface area contributed by atoms with Gasteiger partial charge in [0.05, 0.1) is 0 Å². The van der Waals surface area contributed by atoms with Gasteiger partial charge in [-0.05, 0) is 23.9 Å². The molecule has 0 aliphatic rings. The van der Waals surface area contributed by atoms with E-state index in [0.29, 0.717) is 23.8 Å². The van der Waals surface area contributed by atoms with Crippen molar-refractivity contribution in [3.05, 3.63) is 35.9 Å². The molecule has 1 aromatic rings. The molecule has 3 atom stereocenters. The van der Waals surface area contributed by atoms with Crippen molar-refractivity contribution in [2.45, 2.75) is 53.0 Å². The molecule has 102 valence electrons. The molecule has 0 bridgehead atoms. The van der Waals surface area contributed by atoms with Crippen molar-refractivity contribution in [1.29, 1.82) is 0 Å². The van der Waals surface area contributed by atoms with E-state index in [4.69, 9.17) is 0 Å². The number of hydrogen-bond donors (Lipinski definition) is 1. The largest absolute Gasteiger partial charge is 0.313 e. The molecule has 1 rings (SSSR count). The van der Waals surface area contributed by atoms with E-state index in [0.717, 1.165) is 6.54 Å². The summed E-state index contributed by atoms with van der Waals surface area (Å²) in [5, 5.41) is 3.70. The van der Waals surface area contributed by atoms with Crippen LogP contribution >= 0.6 is 0 Å². The van der Waals surface area contributed by atoms with Crippen LogP contribution < -0.4 is 5.32 Å². The first-order chi connectivity index (χ1) is 8.61. The second kappa shape index (κ2) is 7.58. The summed E-state index contributed by atoms with van der Waals surface area (Å²) in [4.78, 5) is 0. The lowest BCUT2D eigenvalue weighted by atomic mass is 9.76. The van der Waals surface area contributed by atoms with E-state index in [1.165, 1.54) is 12.0 Å². The van der Waals surface area contributed by atoms with Crippen LogP contribution in [0.3, 0.4) is 0 Å². The lowest BCUT2D eigenvalue weighted by molar-refractivity contribution is 0.280. The van der Waals surface area contributed by atoms with Crippen LogP contribution in [-0.2, 0) is 0 Å². The second-order valence-electron chi connectivity index (χ2n) is 5.65. The molecule has 0 heterocycles. The summed E-state index contributed by atoms with van der Waals surface area (Å²) < 4.78 is 0. The highest BCUT2D eigenvalue weighted by atomic mass is 14.9. The fourth-order valence-corrected chi connectivity index (χ4v) is 2.83. The molecule has 0 saturated heterocycles. The van der Waals surface area contributed by atoms with Gasteiger partial charge in [-0.2, -0.15) is 0 Å². The molecule has 1 nitrogen and oxygen atoms in total. The predicted molar refractivity (Wildman–Crippen MR) is 80.9 cm³/mol. The summed E-state index contributed by atoms with van der Waals surface area (Å²) >= 11 is 0. The van der Waals surface area contributed by atoms with E-state index in [1.54, 1.807) is 0 Å². The molecule has 0 aliphatic carbocycles. The van der Waals surface area contributed by atoms with Gasteiger partial charge < -0.3 is 5.32 Å². The zero-order valence-corrected chi connectivity index (χ0v) is 12.6. The van der Waals surface area contributed by atoms with Crippen molar-refractivity contribution in [2.24, 2.45) is 11.8 Å². The third-order valence-electron chi connectivity index (χ3n) is 3.99. The Labute approximate surface area is 113 Å². The third kappa shape index (κ3) is 3.84. The Bertz CT molecular complexity index is 318. The molecule has 18 heavy (non-hydrogen) atoms. The Hall–Kier alpha value is -0.820. The SMILES string of the molecule is CCNC(C(C)C)C(c1ccccc1)C(C)CC. The Kier molecular flexibility index (Phi) is 6.42. The smallest absolute Gasteiger partial charge is 0.0161 e. The van der Waals surface area contributed by atoms with E-state index in [-0.39, 0.29) is 0 Å². The summed E-state index contributed by atoms with van der Waals surface area (Å²) in [5.74, 6) is 1.97. The molecule has 0 aromatic heterocycles. The van der Waals surface area contributed by atoms with Gasteiger partial charge in [0.15, 0.2) is 0 Å². The van der Waals surface area contributed by atoms with Gasteiger partial charge in [0.25, 0.3) is 0 Å². The highest BCUT2D eigenvalue weighted by Crippen LogP contribution is 2.33. The van der Waals surface area contributed by atoms with Gasteiger partial charge in [-0.25, -0.2) is 0 Å². The van der Waals surface area contributed by atoms with Crippen molar-refractivity contribution in [1.82, 2.24) is 5.32 Å². The monoisotopic (exact) mass is 247 g/mol. The summed E-state index contributed by atoms with van der Waals surface area (Å²) in [5.41, 5.74) is 1.48. The van der Waals surface area contributed by atoms with Gasteiger partial charge in [0.2, 0.25) is 0 Å². The van der Waals surface area contributed by atoms with Crippen LogP contribution in [0, 0.1) is 11.8 Å². The van der Waals surface area contributed by atoms with Gasteiger partial charge in [-0.15, -0.1) is 0 Å². The van der Waals surface area contributed by atoms with E-state index >= 15 is 0 Å². The molecule has 0 radical (unpaired) electrons. The first kappa shape index (κ1) is 15.2. The van der Waals surface area contributed by atoms with Crippen LogP contribution in [0.4, 0.5) is 0 Å². The van der Waals surface area contributed by atoms with Crippen LogP contribution in [0.2, 0.25) is 0 Å². The van der Waals surface area contributed by atoms with E-state index in [9.17, 15) is 0 Å². The number of nitrogens with one attached hydrogen (secondary N) is 1. The Morgan fingerprint density at radius 1 is 1.00 bits per heavy atom. The average Bonchev–Trinajstić information content (AvgIpc) is 2.39. The van der Waals surface area contributed by atoms with Crippen molar-refractivity contribution < 1.29 is 0 Å². The van der Waals surface area contributed by atoms with Crippen molar-refractivity contribution >= 4 is 0 Å². The normalized spacial score (nSPS) is 16.6. The molecule has 1 N–H and O–H groups in total. The van der Waals surface area contributed by atoms with Crippen molar-refractivity contribution in [2.75, 3.05) is 6.54 Å². The topological polar surface area (TPSA) is 12.0 Å². The molecule has 1 heteroatoms. The summed E-state index contributed by atoms with van der Waals surface area (Å²) in [6.45, 7) is 12.6. The maximum absolute atomic E-state index is 3.70. The van der Waals surface area contributed by atoms with Crippen LogP contribution in [0.5, 0.6) is 0 Å². The molecular weight excluding hydrogens is 218 g/mol. The quantitative estimate of drug-likeness (QED) is 0.750. The standard InChI is InChI=1S/C17H29N/c1-6-14(5)16(15-11-9-8-10-12-15)17(13(3)4)18-7-2/h8-14,16-18H,6-7H2,1-5H3. The number of benzene rings is 1. The van der Waals surface area contributed by atoms with Crippen LogP contribution in [0.15, 0.2) is 30.3 Å². The van der Waals surface area contributed by atoms with E-state index in [1.807, 2.05) is 0 Å². The summed E-state index contributed by atoms with van der Waals surface area (Å²) in [6, 6.07) is 11.6.